The number of aromatic nitrogens is 1. The zero-order valence-electron chi connectivity index (χ0n) is 12.6. The lowest BCUT2D eigenvalue weighted by Crippen LogP contribution is -2.09. The maximum Gasteiger partial charge on any atom is 0.416 e. The molecular weight excluding hydrogens is 319 g/mol. The monoisotopic (exact) mass is 333 g/mol. The second kappa shape index (κ2) is 6.39. The Morgan fingerprint density at radius 2 is 1.88 bits per heavy atom. The van der Waals surface area contributed by atoms with Gasteiger partial charge < -0.3 is 9.30 Å². The van der Waals surface area contributed by atoms with Gasteiger partial charge in [0, 0.05) is 22.7 Å². The largest absolute Gasteiger partial charge is 0.492 e. The molecule has 0 amide bonds. The van der Waals surface area contributed by atoms with E-state index in [9.17, 15) is 18.0 Å². The van der Waals surface area contributed by atoms with E-state index in [4.69, 9.17) is 4.74 Å². The molecule has 0 aliphatic rings. The number of halogens is 3. The number of para-hydroxylation sites is 1. The van der Waals surface area contributed by atoms with E-state index in [2.05, 4.69) is 0 Å². The van der Waals surface area contributed by atoms with Crippen LogP contribution in [0.4, 0.5) is 13.2 Å². The maximum absolute atomic E-state index is 12.7. The molecule has 3 rings (SSSR count). The minimum atomic E-state index is -4.39. The Labute approximate surface area is 136 Å². The van der Waals surface area contributed by atoms with E-state index < -0.39 is 11.7 Å². The SMILES string of the molecule is O=Cc1cn(CCOc2cccc(C(F)(F)F)c2)c2ccccc12. The normalized spacial score (nSPS) is 11.6. The molecule has 24 heavy (non-hydrogen) atoms. The smallest absolute Gasteiger partial charge is 0.416 e. The van der Waals surface area contributed by atoms with Crippen LogP contribution in [0.15, 0.2) is 54.7 Å². The molecule has 1 aromatic heterocycles. The van der Waals surface area contributed by atoms with Crippen LogP contribution in [0.5, 0.6) is 5.75 Å². The molecule has 6 heteroatoms. The number of carbonyl (C=O) groups excluding carboxylic acids is 1. The molecule has 0 unspecified atom stereocenters. The Morgan fingerprint density at radius 3 is 2.62 bits per heavy atom. The Balaban J connectivity index is 1.72. The quantitative estimate of drug-likeness (QED) is 0.641. The average Bonchev–Trinajstić information content (AvgIpc) is 2.93. The summed E-state index contributed by atoms with van der Waals surface area (Å²) in [5.74, 6) is 0.164. The van der Waals surface area contributed by atoms with E-state index in [1.807, 2.05) is 28.8 Å². The summed E-state index contributed by atoms with van der Waals surface area (Å²) in [5.41, 5.74) is 0.714. The molecule has 0 atom stereocenters. The zero-order chi connectivity index (χ0) is 17.2. The Kier molecular flexibility index (Phi) is 4.29. The number of carbonyl (C=O) groups is 1. The maximum atomic E-state index is 12.7. The minimum Gasteiger partial charge on any atom is -0.492 e. The van der Waals surface area contributed by atoms with Crippen LogP contribution >= 0.6 is 0 Å². The topological polar surface area (TPSA) is 31.2 Å². The first kappa shape index (κ1) is 16.1. The highest BCUT2D eigenvalue weighted by Crippen LogP contribution is 2.31. The van der Waals surface area contributed by atoms with Gasteiger partial charge in [-0.05, 0) is 24.3 Å². The van der Waals surface area contributed by atoms with Crippen molar-refractivity contribution in [1.82, 2.24) is 4.57 Å². The number of ether oxygens (including phenoxy) is 1. The van der Waals surface area contributed by atoms with Gasteiger partial charge in [0.2, 0.25) is 0 Å². The number of fused-ring (bicyclic) bond motifs is 1. The van der Waals surface area contributed by atoms with Crippen molar-refractivity contribution in [3.8, 4) is 5.75 Å². The standard InChI is InChI=1S/C18H14F3NO2/c19-18(20,21)14-4-3-5-15(10-14)24-9-8-22-11-13(12-23)16-6-1-2-7-17(16)22/h1-7,10-12H,8-9H2. The third-order valence-corrected chi connectivity index (χ3v) is 3.71. The molecule has 1 heterocycles. The number of benzene rings is 2. The third kappa shape index (κ3) is 3.27. The van der Waals surface area contributed by atoms with Gasteiger partial charge >= 0.3 is 6.18 Å². The molecule has 0 spiro atoms. The zero-order valence-corrected chi connectivity index (χ0v) is 12.6. The van der Waals surface area contributed by atoms with Crippen molar-refractivity contribution in [3.63, 3.8) is 0 Å². The van der Waals surface area contributed by atoms with E-state index in [0.29, 0.717) is 12.1 Å². The van der Waals surface area contributed by atoms with Crippen LogP contribution in [-0.4, -0.2) is 17.5 Å². The van der Waals surface area contributed by atoms with Gasteiger partial charge in [0.05, 0.1) is 12.1 Å². The van der Waals surface area contributed by atoms with Crippen LogP contribution in [0, 0.1) is 0 Å². The van der Waals surface area contributed by atoms with Gasteiger partial charge in [0.25, 0.3) is 0 Å². The summed E-state index contributed by atoms with van der Waals surface area (Å²) >= 11 is 0. The van der Waals surface area contributed by atoms with E-state index in [1.54, 1.807) is 6.20 Å². The van der Waals surface area contributed by atoms with Crippen molar-refractivity contribution in [1.29, 1.82) is 0 Å². The van der Waals surface area contributed by atoms with E-state index >= 15 is 0 Å². The number of hydrogen-bond donors (Lipinski definition) is 0. The number of alkyl halides is 3. The highest BCUT2D eigenvalue weighted by Gasteiger charge is 2.30. The lowest BCUT2D eigenvalue weighted by molar-refractivity contribution is -0.137. The van der Waals surface area contributed by atoms with Crippen molar-refractivity contribution in [2.45, 2.75) is 12.7 Å². The van der Waals surface area contributed by atoms with E-state index in [0.717, 1.165) is 29.3 Å². The van der Waals surface area contributed by atoms with Crippen LogP contribution in [0.1, 0.15) is 15.9 Å². The summed E-state index contributed by atoms with van der Waals surface area (Å²) in [7, 11) is 0. The van der Waals surface area contributed by atoms with Gasteiger partial charge in [-0.15, -0.1) is 0 Å². The fraction of sp³-hybridized carbons (Fsp3) is 0.167. The number of rotatable bonds is 5. The van der Waals surface area contributed by atoms with Crippen molar-refractivity contribution in [2.24, 2.45) is 0 Å². The number of nitrogens with zero attached hydrogens (tertiary/aromatic N) is 1. The van der Waals surface area contributed by atoms with Gasteiger partial charge in [-0.1, -0.05) is 24.3 Å². The molecule has 124 valence electrons. The molecule has 0 radical (unpaired) electrons. The van der Waals surface area contributed by atoms with Crippen LogP contribution in [0.2, 0.25) is 0 Å². The summed E-state index contributed by atoms with van der Waals surface area (Å²) in [6.45, 7) is 0.614. The van der Waals surface area contributed by atoms with Gasteiger partial charge in [0.15, 0.2) is 6.29 Å². The molecule has 0 fully saturated rings. The minimum absolute atomic E-state index is 0.164. The highest BCUT2D eigenvalue weighted by atomic mass is 19.4. The van der Waals surface area contributed by atoms with Gasteiger partial charge in [-0.3, -0.25) is 4.79 Å². The van der Waals surface area contributed by atoms with E-state index in [1.165, 1.54) is 12.1 Å². The lowest BCUT2D eigenvalue weighted by Gasteiger charge is -2.11. The van der Waals surface area contributed by atoms with Crippen molar-refractivity contribution >= 4 is 17.2 Å². The Bertz CT molecular complexity index is 868. The van der Waals surface area contributed by atoms with Gasteiger partial charge in [0.1, 0.15) is 12.4 Å². The molecule has 0 aliphatic carbocycles. The summed E-state index contributed by atoms with van der Waals surface area (Å²) in [4.78, 5) is 11.1. The third-order valence-electron chi connectivity index (χ3n) is 3.71. The fourth-order valence-corrected chi connectivity index (χ4v) is 2.58. The molecule has 0 N–H and O–H groups in total. The summed E-state index contributed by atoms with van der Waals surface area (Å²) in [5, 5.41) is 0.839. The van der Waals surface area contributed by atoms with Crippen molar-refractivity contribution in [3.05, 3.63) is 65.9 Å². The van der Waals surface area contributed by atoms with Crippen molar-refractivity contribution in [2.75, 3.05) is 6.61 Å². The molecule has 0 saturated carbocycles. The van der Waals surface area contributed by atoms with Crippen LogP contribution in [0.3, 0.4) is 0 Å². The highest BCUT2D eigenvalue weighted by molar-refractivity contribution is 5.97. The predicted octanol–water partition coefficient (Wildman–Crippen LogP) is 4.55. The Morgan fingerprint density at radius 1 is 1.08 bits per heavy atom. The summed E-state index contributed by atoms with van der Waals surface area (Å²) in [6, 6.07) is 12.2. The second-order valence-corrected chi connectivity index (χ2v) is 5.29. The van der Waals surface area contributed by atoms with Crippen LogP contribution in [-0.2, 0) is 12.7 Å². The van der Waals surface area contributed by atoms with Crippen LogP contribution < -0.4 is 4.74 Å². The van der Waals surface area contributed by atoms with Crippen LogP contribution in [0.25, 0.3) is 10.9 Å². The second-order valence-electron chi connectivity index (χ2n) is 5.29. The molecule has 3 nitrogen and oxygen atoms in total. The first-order valence-corrected chi connectivity index (χ1v) is 7.32. The van der Waals surface area contributed by atoms with Gasteiger partial charge in [-0.25, -0.2) is 0 Å². The summed E-state index contributed by atoms with van der Waals surface area (Å²) < 4.78 is 45.3. The first-order chi connectivity index (χ1) is 11.5. The molecule has 3 aromatic rings. The molecule has 0 saturated heterocycles. The van der Waals surface area contributed by atoms with E-state index in [-0.39, 0.29) is 12.4 Å². The number of hydrogen-bond acceptors (Lipinski definition) is 2. The molecular formula is C18H14F3NO2. The molecule has 0 aliphatic heterocycles. The number of aldehydes is 1. The summed E-state index contributed by atoms with van der Waals surface area (Å²) in [6.07, 6.45) is -1.89. The molecule has 2 aromatic carbocycles. The fourth-order valence-electron chi connectivity index (χ4n) is 2.58. The van der Waals surface area contributed by atoms with Crippen molar-refractivity contribution < 1.29 is 22.7 Å². The molecule has 0 bridgehead atoms. The first-order valence-electron chi connectivity index (χ1n) is 7.32. The lowest BCUT2D eigenvalue weighted by atomic mass is 10.2. The predicted molar refractivity (Wildman–Crippen MR) is 84.3 cm³/mol. The Hall–Kier alpha value is -2.76. The average molecular weight is 333 g/mol. The van der Waals surface area contributed by atoms with Gasteiger partial charge in [-0.2, -0.15) is 13.2 Å².